The van der Waals surface area contributed by atoms with Crippen molar-refractivity contribution in [2.45, 2.75) is 25.7 Å². The van der Waals surface area contributed by atoms with Gasteiger partial charge in [-0.05, 0) is 12.8 Å². The molecule has 0 aliphatic heterocycles. The third-order valence-corrected chi connectivity index (χ3v) is 3.52. The van der Waals surface area contributed by atoms with Gasteiger partial charge in [-0.15, -0.1) is 0 Å². The van der Waals surface area contributed by atoms with E-state index in [-0.39, 0.29) is 12.8 Å². The average Bonchev–Trinajstić information content (AvgIpc) is 2.22. The summed E-state index contributed by atoms with van der Waals surface area (Å²) in [5.41, 5.74) is 0. The van der Waals surface area contributed by atoms with Crippen LogP contribution < -0.4 is 0 Å². The Hall–Kier alpha value is -1.15. The Balaban J connectivity index is 4.18. The maximum atomic E-state index is 11.1. The smallest absolute Gasteiger partial charge is 0.307 e. The van der Waals surface area contributed by atoms with E-state index in [4.69, 9.17) is 10.2 Å². The van der Waals surface area contributed by atoms with Crippen LogP contribution in [0.25, 0.3) is 0 Å². The summed E-state index contributed by atoms with van der Waals surface area (Å²) in [6.45, 7) is 0. The summed E-state index contributed by atoms with van der Waals surface area (Å²) < 4.78 is 26.3. The van der Waals surface area contributed by atoms with E-state index < -0.39 is 33.7 Å². The molecule has 0 bridgehead atoms. The van der Waals surface area contributed by atoms with E-state index in [1.54, 1.807) is 0 Å². The van der Waals surface area contributed by atoms with Crippen LogP contribution in [0.3, 0.4) is 0 Å². The molecule has 0 rings (SSSR count). The summed E-state index contributed by atoms with van der Waals surface area (Å²) in [6.07, 6.45) is 0.739. The Morgan fingerprint density at radius 2 is 1.82 bits per heavy atom. The van der Waals surface area contributed by atoms with Crippen molar-refractivity contribution in [2.75, 3.05) is 12.9 Å². The molecular formula is C9H16O7S. The van der Waals surface area contributed by atoms with Crippen LogP contribution in [0.2, 0.25) is 0 Å². The summed E-state index contributed by atoms with van der Waals surface area (Å²) in [7, 11) is -2.84. The van der Waals surface area contributed by atoms with Crippen LogP contribution in [0.15, 0.2) is 0 Å². The number of rotatable bonds is 9. The fourth-order valence-electron chi connectivity index (χ4n) is 1.26. The second-order valence-corrected chi connectivity index (χ2v) is 5.35. The highest BCUT2D eigenvalue weighted by Gasteiger charge is 2.24. The molecule has 0 saturated carbocycles. The van der Waals surface area contributed by atoms with Gasteiger partial charge < -0.3 is 10.2 Å². The molecule has 0 aromatic heterocycles. The SMILES string of the molecule is COS(=O)(=O)CC(CCCCC(=O)O)C(=O)O. The third-order valence-electron chi connectivity index (χ3n) is 2.20. The number of hydrogen-bond donors (Lipinski definition) is 2. The molecule has 0 saturated heterocycles. The van der Waals surface area contributed by atoms with Gasteiger partial charge in [0.2, 0.25) is 0 Å². The first-order valence-electron chi connectivity index (χ1n) is 5.01. The van der Waals surface area contributed by atoms with Crippen molar-refractivity contribution < 1.29 is 32.4 Å². The number of unbranched alkanes of at least 4 members (excludes halogenated alkanes) is 1. The molecule has 17 heavy (non-hydrogen) atoms. The first-order chi connectivity index (χ1) is 7.78. The van der Waals surface area contributed by atoms with Crippen LogP contribution in [0.1, 0.15) is 25.7 Å². The van der Waals surface area contributed by atoms with Crippen molar-refractivity contribution in [1.82, 2.24) is 0 Å². The Kier molecular flexibility index (Phi) is 6.74. The predicted molar refractivity (Wildman–Crippen MR) is 58.0 cm³/mol. The maximum Gasteiger partial charge on any atom is 0.307 e. The van der Waals surface area contributed by atoms with Crippen molar-refractivity contribution in [3.8, 4) is 0 Å². The standard InChI is InChI=1S/C9H16O7S/c1-16-17(14,15)6-7(9(12)13)4-2-3-5-8(10)11/h7H,2-6H2,1H3,(H,10,11)(H,12,13). The summed E-state index contributed by atoms with van der Waals surface area (Å²) >= 11 is 0. The summed E-state index contributed by atoms with van der Waals surface area (Å²) in [5.74, 6) is -3.83. The van der Waals surface area contributed by atoms with Gasteiger partial charge in [0.05, 0.1) is 18.8 Å². The largest absolute Gasteiger partial charge is 0.481 e. The molecule has 0 aliphatic rings. The number of hydrogen-bond acceptors (Lipinski definition) is 5. The molecule has 0 radical (unpaired) electrons. The third kappa shape index (κ3) is 7.70. The average molecular weight is 268 g/mol. The minimum Gasteiger partial charge on any atom is -0.481 e. The lowest BCUT2D eigenvalue weighted by Crippen LogP contribution is -2.24. The first-order valence-corrected chi connectivity index (χ1v) is 6.59. The molecule has 0 heterocycles. The summed E-state index contributed by atoms with van der Waals surface area (Å²) in [6, 6.07) is 0. The fraction of sp³-hybridized carbons (Fsp3) is 0.778. The van der Waals surface area contributed by atoms with E-state index in [0.29, 0.717) is 12.8 Å². The van der Waals surface area contributed by atoms with Crippen molar-refractivity contribution >= 4 is 22.1 Å². The lowest BCUT2D eigenvalue weighted by molar-refractivity contribution is -0.141. The van der Waals surface area contributed by atoms with Gasteiger partial charge in [0.25, 0.3) is 10.1 Å². The van der Waals surface area contributed by atoms with Gasteiger partial charge >= 0.3 is 11.9 Å². The second kappa shape index (κ2) is 7.23. The molecule has 1 unspecified atom stereocenters. The second-order valence-electron chi connectivity index (χ2n) is 3.57. The van der Waals surface area contributed by atoms with Crippen LogP contribution in [0, 0.1) is 5.92 Å². The van der Waals surface area contributed by atoms with Gasteiger partial charge in [0.15, 0.2) is 0 Å². The Morgan fingerprint density at radius 1 is 1.24 bits per heavy atom. The highest BCUT2D eigenvalue weighted by Crippen LogP contribution is 2.13. The molecule has 0 aromatic carbocycles. The topological polar surface area (TPSA) is 118 Å². The van der Waals surface area contributed by atoms with Crippen LogP contribution in [0.4, 0.5) is 0 Å². The van der Waals surface area contributed by atoms with Gasteiger partial charge in [-0.3, -0.25) is 13.8 Å². The molecular weight excluding hydrogens is 252 g/mol. The highest BCUT2D eigenvalue weighted by atomic mass is 32.2. The zero-order valence-corrected chi connectivity index (χ0v) is 10.3. The predicted octanol–water partition coefficient (Wildman–Crippen LogP) is 0.308. The molecule has 7 nitrogen and oxygen atoms in total. The summed E-state index contributed by atoms with van der Waals surface area (Å²) in [4.78, 5) is 21.0. The van der Waals surface area contributed by atoms with E-state index in [1.807, 2.05) is 0 Å². The van der Waals surface area contributed by atoms with E-state index in [1.165, 1.54) is 0 Å². The maximum absolute atomic E-state index is 11.1. The van der Waals surface area contributed by atoms with E-state index in [2.05, 4.69) is 4.18 Å². The van der Waals surface area contributed by atoms with Crippen molar-refractivity contribution in [3.05, 3.63) is 0 Å². The van der Waals surface area contributed by atoms with Gasteiger partial charge in [0.1, 0.15) is 0 Å². The van der Waals surface area contributed by atoms with Gasteiger partial charge in [-0.2, -0.15) is 8.42 Å². The normalized spacial score (nSPS) is 13.2. The van der Waals surface area contributed by atoms with Crippen LogP contribution in [-0.2, 0) is 23.9 Å². The molecule has 2 N–H and O–H groups in total. The highest BCUT2D eigenvalue weighted by molar-refractivity contribution is 7.86. The van der Waals surface area contributed by atoms with E-state index in [0.717, 1.165) is 7.11 Å². The van der Waals surface area contributed by atoms with Crippen molar-refractivity contribution in [1.29, 1.82) is 0 Å². The first kappa shape index (κ1) is 15.9. The number of carboxylic acid groups (broad SMARTS) is 2. The molecule has 8 heteroatoms. The van der Waals surface area contributed by atoms with Gasteiger partial charge in [-0.25, -0.2) is 0 Å². The molecule has 0 aliphatic carbocycles. The van der Waals surface area contributed by atoms with Crippen LogP contribution in [-0.4, -0.2) is 43.4 Å². The monoisotopic (exact) mass is 268 g/mol. The molecule has 0 spiro atoms. The molecule has 100 valence electrons. The van der Waals surface area contributed by atoms with Crippen molar-refractivity contribution in [3.63, 3.8) is 0 Å². The minimum absolute atomic E-state index is 0.0522. The minimum atomic E-state index is -3.81. The van der Waals surface area contributed by atoms with E-state index >= 15 is 0 Å². The van der Waals surface area contributed by atoms with Crippen molar-refractivity contribution in [2.24, 2.45) is 5.92 Å². The zero-order valence-electron chi connectivity index (χ0n) is 9.46. The summed E-state index contributed by atoms with van der Waals surface area (Å²) in [5, 5.41) is 17.2. The molecule has 0 aromatic rings. The number of carbonyl (C=O) groups is 2. The fourth-order valence-corrected chi connectivity index (χ4v) is 2.20. The number of aliphatic carboxylic acids is 2. The molecule has 0 fully saturated rings. The Bertz CT molecular complexity index is 360. The van der Waals surface area contributed by atoms with Gasteiger partial charge in [-0.1, -0.05) is 6.42 Å². The number of carboxylic acids is 2. The van der Waals surface area contributed by atoms with E-state index in [9.17, 15) is 18.0 Å². The molecule has 1 atom stereocenters. The molecule has 0 amide bonds. The Morgan fingerprint density at radius 3 is 2.24 bits per heavy atom. The van der Waals surface area contributed by atoms with Crippen LogP contribution >= 0.6 is 0 Å². The quantitative estimate of drug-likeness (QED) is 0.456. The van der Waals surface area contributed by atoms with Crippen LogP contribution in [0.5, 0.6) is 0 Å². The Labute approximate surface area is 99.5 Å². The lowest BCUT2D eigenvalue weighted by Gasteiger charge is -2.11. The zero-order chi connectivity index (χ0) is 13.5. The lowest BCUT2D eigenvalue weighted by atomic mass is 10.0. The van der Waals surface area contributed by atoms with Gasteiger partial charge in [0, 0.05) is 6.42 Å².